The molecule has 0 aliphatic rings. The molecular weight excluding hydrogens is 284 g/mol. The summed E-state index contributed by atoms with van der Waals surface area (Å²) >= 11 is 0. The number of nitrogens with two attached hydrogens (primary N) is 1. The summed E-state index contributed by atoms with van der Waals surface area (Å²) in [5.74, 6) is 0. The average molecular weight is 304 g/mol. The van der Waals surface area contributed by atoms with E-state index in [0.717, 1.165) is 5.56 Å². The van der Waals surface area contributed by atoms with Gasteiger partial charge in [-0.1, -0.05) is 18.2 Å². The minimum Gasteiger partial charge on any atom is -0.399 e. The van der Waals surface area contributed by atoms with Gasteiger partial charge in [-0.15, -0.1) is 0 Å². The molecule has 2 N–H and O–H groups in total. The number of hydrogen-bond acceptors (Lipinski definition) is 3. The standard InChI is InChI=1S/C16H20N2O2S/c1-4-18(15-8-6-5-7-12(15)2)21(19,20)16-10-9-14(17)11-13(16)3/h5-11H,4,17H2,1-3H3. The van der Waals surface area contributed by atoms with Gasteiger partial charge in [0.05, 0.1) is 10.6 Å². The fourth-order valence-corrected chi connectivity index (χ4v) is 4.14. The zero-order valence-corrected chi connectivity index (χ0v) is 13.3. The number of rotatable bonds is 4. The highest BCUT2D eigenvalue weighted by atomic mass is 32.2. The van der Waals surface area contributed by atoms with Crippen molar-refractivity contribution in [3.8, 4) is 0 Å². The first-order valence-corrected chi connectivity index (χ1v) is 8.26. The van der Waals surface area contributed by atoms with Gasteiger partial charge in [-0.3, -0.25) is 4.31 Å². The van der Waals surface area contributed by atoms with E-state index in [9.17, 15) is 8.42 Å². The van der Waals surface area contributed by atoms with Crippen LogP contribution < -0.4 is 10.0 Å². The molecule has 0 amide bonds. The van der Waals surface area contributed by atoms with Crippen LogP contribution in [0.2, 0.25) is 0 Å². The van der Waals surface area contributed by atoms with E-state index in [4.69, 9.17) is 5.73 Å². The number of benzene rings is 2. The highest BCUT2D eigenvalue weighted by Gasteiger charge is 2.26. The molecule has 0 saturated carbocycles. The number of sulfonamides is 1. The average Bonchev–Trinajstić information content (AvgIpc) is 2.41. The van der Waals surface area contributed by atoms with Crippen LogP contribution in [0.1, 0.15) is 18.1 Å². The highest BCUT2D eigenvalue weighted by molar-refractivity contribution is 7.92. The molecule has 0 aliphatic carbocycles. The van der Waals surface area contributed by atoms with Gasteiger partial charge < -0.3 is 5.73 Å². The van der Waals surface area contributed by atoms with Crippen molar-refractivity contribution in [1.82, 2.24) is 0 Å². The Hall–Kier alpha value is -2.01. The fourth-order valence-electron chi connectivity index (χ4n) is 2.39. The Bertz CT molecular complexity index is 755. The predicted octanol–water partition coefficient (Wildman–Crippen LogP) is 3.10. The van der Waals surface area contributed by atoms with Crippen molar-refractivity contribution in [2.24, 2.45) is 0 Å². The van der Waals surface area contributed by atoms with Gasteiger partial charge in [-0.2, -0.15) is 0 Å². The number of nitrogen functional groups attached to an aromatic ring is 1. The Morgan fingerprint density at radius 3 is 2.29 bits per heavy atom. The Morgan fingerprint density at radius 1 is 1.05 bits per heavy atom. The van der Waals surface area contributed by atoms with Gasteiger partial charge in [0.25, 0.3) is 10.0 Å². The number of anilines is 2. The third-order valence-corrected chi connectivity index (χ3v) is 5.49. The second-order valence-corrected chi connectivity index (χ2v) is 6.81. The molecule has 0 radical (unpaired) electrons. The summed E-state index contributed by atoms with van der Waals surface area (Å²) in [6.45, 7) is 5.87. The van der Waals surface area contributed by atoms with Crippen molar-refractivity contribution >= 4 is 21.4 Å². The molecule has 2 aromatic carbocycles. The van der Waals surface area contributed by atoms with Gasteiger partial charge in [0.2, 0.25) is 0 Å². The Balaban J connectivity index is 2.58. The van der Waals surface area contributed by atoms with Crippen LogP contribution in [0, 0.1) is 13.8 Å². The molecule has 0 heterocycles. The van der Waals surface area contributed by atoms with E-state index < -0.39 is 10.0 Å². The van der Waals surface area contributed by atoms with Crippen molar-refractivity contribution in [2.45, 2.75) is 25.7 Å². The maximum Gasteiger partial charge on any atom is 0.264 e. The molecule has 0 aliphatic heterocycles. The quantitative estimate of drug-likeness (QED) is 0.883. The molecule has 0 atom stereocenters. The van der Waals surface area contributed by atoms with Gasteiger partial charge >= 0.3 is 0 Å². The van der Waals surface area contributed by atoms with E-state index in [0.29, 0.717) is 28.4 Å². The monoisotopic (exact) mass is 304 g/mol. The molecule has 4 nitrogen and oxygen atoms in total. The maximum absolute atomic E-state index is 12.9. The first-order chi connectivity index (χ1) is 9.87. The Morgan fingerprint density at radius 2 is 1.71 bits per heavy atom. The number of nitrogens with zero attached hydrogens (tertiary/aromatic N) is 1. The van der Waals surface area contributed by atoms with Crippen molar-refractivity contribution < 1.29 is 8.42 Å². The fraction of sp³-hybridized carbons (Fsp3) is 0.250. The molecule has 21 heavy (non-hydrogen) atoms. The van der Waals surface area contributed by atoms with E-state index in [1.165, 1.54) is 4.31 Å². The van der Waals surface area contributed by atoms with Crippen molar-refractivity contribution in [2.75, 3.05) is 16.6 Å². The molecule has 0 spiro atoms. The largest absolute Gasteiger partial charge is 0.399 e. The van der Waals surface area contributed by atoms with Gasteiger partial charge in [-0.05, 0) is 56.2 Å². The van der Waals surface area contributed by atoms with Gasteiger partial charge in [-0.25, -0.2) is 8.42 Å². The topological polar surface area (TPSA) is 63.4 Å². The lowest BCUT2D eigenvalue weighted by Gasteiger charge is -2.25. The molecule has 0 fully saturated rings. The van der Waals surface area contributed by atoms with Gasteiger partial charge in [0.1, 0.15) is 0 Å². The molecule has 0 unspecified atom stereocenters. The zero-order chi connectivity index (χ0) is 15.6. The van der Waals surface area contributed by atoms with Crippen LogP contribution >= 0.6 is 0 Å². The van der Waals surface area contributed by atoms with E-state index in [1.807, 2.05) is 38.1 Å². The van der Waals surface area contributed by atoms with E-state index >= 15 is 0 Å². The van der Waals surface area contributed by atoms with Crippen LogP contribution in [0.25, 0.3) is 0 Å². The number of aryl methyl sites for hydroxylation is 2. The van der Waals surface area contributed by atoms with E-state index in [-0.39, 0.29) is 0 Å². The maximum atomic E-state index is 12.9. The Kier molecular flexibility index (Phi) is 4.23. The molecule has 0 saturated heterocycles. The molecular formula is C16H20N2O2S. The summed E-state index contributed by atoms with van der Waals surface area (Å²) < 4.78 is 27.3. The SMILES string of the molecule is CCN(c1ccccc1C)S(=O)(=O)c1ccc(N)cc1C. The van der Waals surface area contributed by atoms with Crippen molar-refractivity contribution in [3.05, 3.63) is 53.6 Å². The minimum absolute atomic E-state index is 0.293. The lowest BCUT2D eigenvalue weighted by atomic mass is 10.2. The van der Waals surface area contributed by atoms with Crippen molar-refractivity contribution in [1.29, 1.82) is 0 Å². The summed E-state index contributed by atoms with van der Waals surface area (Å²) in [6, 6.07) is 12.3. The van der Waals surface area contributed by atoms with Crippen LogP contribution in [-0.4, -0.2) is 15.0 Å². The third-order valence-electron chi connectivity index (χ3n) is 3.44. The van der Waals surface area contributed by atoms with Gasteiger partial charge in [0.15, 0.2) is 0 Å². The molecule has 2 rings (SSSR count). The number of hydrogen-bond donors (Lipinski definition) is 1. The first-order valence-electron chi connectivity index (χ1n) is 6.82. The van der Waals surface area contributed by atoms with E-state index in [1.54, 1.807) is 25.1 Å². The highest BCUT2D eigenvalue weighted by Crippen LogP contribution is 2.28. The second kappa shape index (κ2) is 5.77. The molecule has 0 bridgehead atoms. The van der Waals surface area contributed by atoms with E-state index in [2.05, 4.69) is 0 Å². The Labute approximate surface area is 126 Å². The second-order valence-electron chi connectivity index (χ2n) is 4.98. The van der Waals surface area contributed by atoms with Crippen LogP contribution in [0.3, 0.4) is 0 Å². The van der Waals surface area contributed by atoms with Gasteiger partial charge in [0, 0.05) is 12.2 Å². The van der Waals surface area contributed by atoms with Crippen LogP contribution in [0.15, 0.2) is 47.4 Å². The van der Waals surface area contributed by atoms with Crippen molar-refractivity contribution in [3.63, 3.8) is 0 Å². The zero-order valence-electron chi connectivity index (χ0n) is 12.5. The predicted molar refractivity (Wildman–Crippen MR) is 87.0 cm³/mol. The van der Waals surface area contributed by atoms with Crippen LogP contribution in [0.5, 0.6) is 0 Å². The van der Waals surface area contributed by atoms with Crippen LogP contribution in [-0.2, 0) is 10.0 Å². The minimum atomic E-state index is -3.60. The summed E-state index contributed by atoms with van der Waals surface area (Å²) in [4.78, 5) is 0.293. The molecule has 112 valence electrons. The molecule has 0 aromatic heterocycles. The lowest BCUT2D eigenvalue weighted by molar-refractivity contribution is 0.591. The summed E-state index contributed by atoms with van der Waals surface area (Å²) in [7, 11) is -3.60. The lowest BCUT2D eigenvalue weighted by Crippen LogP contribution is -2.31. The third kappa shape index (κ3) is 2.88. The summed E-state index contributed by atoms with van der Waals surface area (Å²) in [6.07, 6.45) is 0. The molecule has 2 aromatic rings. The summed E-state index contributed by atoms with van der Waals surface area (Å²) in [5.41, 5.74) is 8.55. The normalized spacial score (nSPS) is 11.4. The number of para-hydroxylation sites is 1. The smallest absolute Gasteiger partial charge is 0.264 e. The summed E-state index contributed by atoms with van der Waals surface area (Å²) in [5, 5.41) is 0. The first kappa shape index (κ1) is 15.4. The molecule has 5 heteroatoms. The van der Waals surface area contributed by atoms with Crippen LogP contribution in [0.4, 0.5) is 11.4 Å².